The van der Waals surface area contributed by atoms with E-state index in [0.717, 1.165) is 22.9 Å². The third-order valence-electron chi connectivity index (χ3n) is 6.90. The lowest BCUT2D eigenvalue weighted by atomic mass is 10.0. The van der Waals surface area contributed by atoms with Crippen molar-refractivity contribution in [3.63, 3.8) is 0 Å². The highest BCUT2D eigenvalue weighted by Crippen LogP contribution is 2.23. The van der Waals surface area contributed by atoms with Crippen LogP contribution in [0.15, 0.2) is 72.8 Å². The molecule has 9 heteroatoms. The summed E-state index contributed by atoms with van der Waals surface area (Å²) in [4.78, 5) is 28.8. The Morgan fingerprint density at radius 2 is 1.56 bits per heavy atom. The number of rotatable bonds is 13. The van der Waals surface area contributed by atoms with E-state index in [0.29, 0.717) is 17.7 Å². The highest BCUT2D eigenvalue weighted by molar-refractivity contribution is 7.92. The van der Waals surface area contributed by atoms with Crippen LogP contribution in [0.25, 0.3) is 0 Å². The molecule has 7 nitrogen and oxygen atoms in total. The van der Waals surface area contributed by atoms with Crippen molar-refractivity contribution >= 4 is 27.5 Å². The summed E-state index contributed by atoms with van der Waals surface area (Å²) in [5, 5.41) is 2.94. The third-order valence-corrected chi connectivity index (χ3v) is 8.09. The molecule has 0 radical (unpaired) electrons. The Balaban J connectivity index is 1.88. The molecule has 3 aromatic rings. The van der Waals surface area contributed by atoms with Crippen molar-refractivity contribution < 1.29 is 22.4 Å². The predicted molar refractivity (Wildman–Crippen MR) is 162 cm³/mol. The van der Waals surface area contributed by atoms with Crippen LogP contribution in [0.3, 0.4) is 0 Å². The van der Waals surface area contributed by atoms with E-state index in [2.05, 4.69) is 5.32 Å². The smallest absolute Gasteiger partial charge is 0.243 e. The normalized spacial score (nSPS) is 12.2. The fraction of sp³-hybridized carbons (Fsp3) is 0.375. The van der Waals surface area contributed by atoms with Gasteiger partial charge in [0.1, 0.15) is 11.9 Å². The molecule has 3 rings (SSSR count). The zero-order chi connectivity index (χ0) is 30.2. The van der Waals surface area contributed by atoms with Gasteiger partial charge in [-0.05, 0) is 80.6 Å². The van der Waals surface area contributed by atoms with E-state index in [1.165, 1.54) is 21.3 Å². The van der Waals surface area contributed by atoms with Crippen molar-refractivity contribution in [1.82, 2.24) is 10.2 Å². The van der Waals surface area contributed by atoms with Crippen LogP contribution >= 0.6 is 0 Å². The minimum Gasteiger partial charge on any atom is -0.352 e. The summed E-state index contributed by atoms with van der Waals surface area (Å²) in [6.45, 7) is 7.81. The maximum Gasteiger partial charge on any atom is 0.243 e. The second-order valence-corrected chi connectivity index (χ2v) is 12.6. The Bertz CT molecular complexity index is 1430. The van der Waals surface area contributed by atoms with Gasteiger partial charge in [-0.3, -0.25) is 13.9 Å². The predicted octanol–water partition coefficient (Wildman–Crippen LogP) is 5.15. The molecular weight excluding hydrogens is 541 g/mol. The van der Waals surface area contributed by atoms with Gasteiger partial charge in [-0.1, -0.05) is 48.5 Å². The van der Waals surface area contributed by atoms with Crippen LogP contribution < -0.4 is 9.62 Å². The van der Waals surface area contributed by atoms with Crippen molar-refractivity contribution in [2.24, 2.45) is 0 Å². The number of hydrogen-bond donors (Lipinski definition) is 1. The van der Waals surface area contributed by atoms with Gasteiger partial charge in [0.2, 0.25) is 21.8 Å². The summed E-state index contributed by atoms with van der Waals surface area (Å²) >= 11 is 0. The number of amides is 2. The molecule has 0 fully saturated rings. The minimum atomic E-state index is -3.59. The van der Waals surface area contributed by atoms with Gasteiger partial charge >= 0.3 is 0 Å². The van der Waals surface area contributed by atoms with E-state index >= 15 is 0 Å². The monoisotopic (exact) mass is 581 g/mol. The first-order valence-corrected chi connectivity index (χ1v) is 15.6. The zero-order valence-electron chi connectivity index (χ0n) is 24.4. The Morgan fingerprint density at radius 3 is 2.15 bits per heavy atom. The molecule has 0 aliphatic carbocycles. The molecule has 0 aliphatic rings. The maximum absolute atomic E-state index is 13.8. The van der Waals surface area contributed by atoms with Crippen molar-refractivity contribution in [3.8, 4) is 0 Å². The Morgan fingerprint density at radius 1 is 0.902 bits per heavy atom. The van der Waals surface area contributed by atoms with Gasteiger partial charge in [0.15, 0.2) is 0 Å². The van der Waals surface area contributed by atoms with Crippen molar-refractivity contribution in [2.75, 3.05) is 17.1 Å². The molecule has 0 bridgehead atoms. The molecule has 0 saturated heterocycles. The number of carbonyl (C=O) groups excluding carboxylic acids is 2. The molecule has 0 spiro atoms. The summed E-state index contributed by atoms with van der Waals surface area (Å²) in [5.41, 5.74) is 4.15. The van der Waals surface area contributed by atoms with Crippen LogP contribution in [-0.4, -0.2) is 50.0 Å². The number of carbonyl (C=O) groups is 2. The first kappa shape index (κ1) is 31.8. The number of nitrogens with zero attached hydrogens (tertiary/aromatic N) is 2. The van der Waals surface area contributed by atoms with Crippen molar-refractivity contribution in [2.45, 2.75) is 65.6 Å². The van der Waals surface area contributed by atoms with Gasteiger partial charge in [0.05, 0.1) is 11.9 Å². The average molecular weight is 582 g/mol. The zero-order valence-corrected chi connectivity index (χ0v) is 25.2. The number of aryl methyl sites for hydroxylation is 2. The van der Waals surface area contributed by atoms with E-state index in [1.807, 2.05) is 70.2 Å². The number of benzene rings is 3. The van der Waals surface area contributed by atoms with E-state index in [4.69, 9.17) is 0 Å². The van der Waals surface area contributed by atoms with E-state index in [-0.39, 0.29) is 43.8 Å². The van der Waals surface area contributed by atoms with Crippen LogP contribution in [0.1, 0.15) is 48.9 Å². The summed E-state index contributed by atoms with van der Waals surface area (Å²) in [7, 11) is -3.59. The lowest BCUT2D eigenvalue weighted by Gasteiger charge is -2.32. The second-order valence-electron chi connectivity index (χ2n) is 10.7. The molecule has 0 aromatic heterocycles. The lowest BCUT2D eigenvalue weighted by Crippen LogP contribution is -2.51. The fourth-order valence-corrected chi connectivity index (χ4v) is 5.56. The number of sulfonamides is 1. The van der Waals surface area contributed by atoms with Crippen LogP contribution in [0.4, 0.5) is 10.1 Å². The second kappa shape index (κ2) is 14.3. The first-order valence-electron chi connectivity index (χ1n) is 13.8. The highest BCUT2D eigenvalue weighted by Gasteiger charge is 2.31. The SMILES string of the molecule is Cc1ccc(N(CCCC(=O)N(Cc2ccc(F)cc2)[C@@H](Cc2ccccc2)C(=O)NC(C)C)S(C)(=O)=O)cc1C. The number of nitrogens with one attached hydrogen (secondary N) is 1. The van der Waals surface area contributed by atoms with Crippen molar-refractivity contribution in [3.05, 3.63) is 101 Å². The largest absolute Gasteiger partial charge is 0.352 e. The Labute approximate surface area is 243 Å². The van der Waals surface area contributed by atoms with Crippen LogP contribution in [0, 0.1) is 19.7 Å². The molecule has 0 saturated carbocycles. The fourth-order valence-electron chi connectivity index (χ4n) is 4.61. The molecule has 41 heavy (non-hydrogen) atoms. The molecule has 0 unspecified atom stereocenters. The average Bonchev–Trinajstić information content (AvgIpc) is 2.90. The molecule has 3 aromatic carbocycles. The first-order chi connectivity index (χ1) is 19.3. The molecule has 2 amide bonds. The Kier molecular flexibility index (Phi) is 11.1. The van der Waals surface area contributed by atoms with Gasteiger partial charge in [0.25, 0.3) is 0 Å². The molecule has 220 valence electrons. The summed E-state index contributed by atoms with van der Waals surface area (Å²) in [5.74, 6) is -0.966. The maximum atomic E-state index is 13.8. The summed E-state index contributed by atoms with van der Waals surface area (Å²) in [6, 6.07) is 19.8. The van der Waals surface area contributed by atoms with Gasteiger partial charge in [-0.2, -0.15) is 0 Å². The van der Waals surface area contributed by atoms with E-state index in [9.17, 15) is 22.4 Å². The quantitative estimate of drug-likeness (QED) is 0.302. The summed E-state index contributed by atoms with van der Waals surface area (Å²) < 4.78 is 40.3. The molecule has 1 atom stereocenters. The number of halogens is 1. The molecule has 1 N–H and O–H groups in total. The van der Waals surface area contributed by atoms with Crippen molar-refractivity contribution in [1.29, 1.82) is 0 Å². The highest BCUT2D eigenvalue weighted by atomic mass is 32.2. The lowest BCUT2D eigenvalue weighted by molar-refractivity contribution is -0.141. The molecule has 0 heterocycles. The van der Waals surface area contributed by atoms with Gasteiger partial charge in [-0.15, -0.1) is 0 Å². The number of anilines is 1. The van der Waals surface area contributed by atoms with Gasteiger partial charge in [-0.25, -0.2) is 12.8 Å². The van der Waals surface area contributed by atoms with Gasteiger partial charge < -0.3 is 10.2 Å². The minimum absolute atomic E-state index is 0.0261. The van der Waals surface area contributed by atoms with Gasteiger partial charge in [0, 0.05) is 32.0 Å². The van der Waals surface area contributed by atoms with Crippen LogP contribution in [0.2, 0.25) is 0 Å². The van der Waals surface area contributed by atoms with Crippen LogP contribution in [0.5, 0.6) is 0 Å². The van der Waals surface area contributed by atoms with E-state index < -0.39 is 21.9 Å². The third kappa shape index (κ3) is 9.42. The standard InChI is InChI=1S/C32H40FN3O4S/c1-23(2)34-32(38)30(21-26-10-7-6-8-11-26)35(22-27-14-16-28(33)17-15-27)31(37)12-9-19-36(41(5,39)40)29-18-13-24(3)25(4)20-29/h6-8,10-11,13-18,20,23,30H,9,12,19,21-22H2,1-5H3,(H,34,38)/t30-/m0/s1. The topological polar surface area (TPSA) is 86.8 Å². The Hall–Kier alpha value is -3.72. The molecular formula is C32H40FN3O4S. The van der Waals surface area contributed by atoms with Crippen LogP contribution in [-0.2, 0) is 32.6 Å². The molecule has 0 aliphatic heterocycles. The summed E-state index contributed by atoms with van der Waals surface area (Å²) in [6.07, 6.45) is 1.72. The number of hydrogen-bond acceptors (Lipinski definition) is 4. The van der Waals surface area contributed by atoms with E-state index in [1.54, 1.807) is 18.2 Å².